The molecule has 1 saturated carbocycles. The van der Waals surface area contributed by atoms with Gasteiger partial charge in [-0.1, -0.05) is 5.11 Å². The number of nitrogens with zero attached hydrogens (tertiary/aromatic N) is 5. The highest BCUT2D eigenvalue weighted by molar-refractivity contribution is 7.66. The van der Waals surface area contributed by atoms with Gasteiger partial charge in [0.1, 0.15) is 17.5 Å². The lowest BCUT2D eigenvalue weighted by molar-refractivity contribution is -0.0930. The molecule has 7 N–H and O–H groups in total. The monoisotopic (exact) mass is 552 g/mol. The van der Waals surface area contributed by atoms with Crippen LogP contribution in [0.15, 0.2) is 22.2 Å². The number of fused-ring (bicyclic) bond motifs is 1. The maximum absolute atomic E-state index is 15.3. The van der Waals surface area contributed by atoms with Gasteiger partial charge in [-0.15, -0.1) is 0 Å². The molecular formula is C11H16FN6O13P3. The Morgan fingerprint density at radius 1 is 1.29 bits per heavy atom. The highest BCUT2D eigenvalue weighted by atomic mass is 31.3. The normalized spacial score (nSPS) is 33.9. The number of aliphatic hydroxyl groups is 1. The highest BCUT2D eigenvalue weighted by Gasteiger charge is 2.89. The number of alkyl halides is 1. The lowest BCUT2D eigenvalue weighted by Gasteiger charge is -2.24. The predicted octanol–water partition coefficient (Wildman–Crippen LogP) is -0.412. The zero-order valence-corrected chi connectivity index (χ0v) is 19.0. The highest BCUT2D eigenvalue weighted by Crippen LogP contribution is 2.73. The number of rotatable bonds is 10. The summed E-state index contributed by atoms with van der Waals surface area (Å²) < 4.78 is 67.4. The first-order chi connectivity index (χ1) is 15.5. The summed E-state index contributed by atoms with van der Waals surface area (Å²) in [7, 11) is -17.4. The van der Waals surface area contributed by atoms with Crippen LogP contribution < -0.4 is 11.4 Å². The molecule has 0 spiro atoms. The van der Waals surface area contributed by atoms with Crippen LogP contribution in [0.3, 0.4) is 0 Å². The van der Waals surface area contributed by atoms with Gasteiger partial charge < -0.3 is 35.2 Å². The molecule has 3 unspecified atom stereocenters. The van der Waals surface area contributed by atoms with Crippen LogP contribution in [0.1, 0.15) is 12.6 Å². The molecule has 2 heterocycles. The van der Waals surface area contributed by atoms with Crippen molar-refractivity contribution < 1.29 is 60.6 Å². The van der Waals surface area contributed by atoms with Gasteiger partial charge in [-0.25, -0.2) is 22.9 Å². The van der Waals surface area contributed by atoms with E-state index in [0.29, 0.717) is 4.57 Å². The molecule has 1 aromatic rings. The second-order valence-electron chi connectivity index (χ2n) is 6.95. The zero-order valence-electron chi connectivity index (χ0n) is 16.3. The molecule has 0 aromatic carbocycles. The minimum absolute atomic E-state index is 0.206. The fraction of sp³-hybridized carbons (Fsp3) is 0.636. The van der Waals surface area contributed by atoms with Gasteiger partial charge in [0.05, 0.1) is 0 Å². The van der Waals surface area contributed by atoms with Crippen molar-refractivity contribution in [3.63, 3.8) is 0 Å². The Labute approximate surface area is 186 Å². The molecule has 34 heavy (non-hydrogen) atoms. The quantitative estimate of drug-likeness (QED) is 0.0930. The number of anilines is 1. The van der Waals surface area contributed by atoms with Gasteiger partial charge in [-0.3, -0.25) is 9.09 Å². The van der Waals surface area contributed by atoms with Crippen LogP contribution in [0.5, 0.6) is 0 Å². The number of aromatic nitrogens is 2. The lowest BCUT2D eigenvalue weighted by atomic mass is 10.1. The Hall–Kier alpha value is -1.75. The number of azide groups is 1. The fourth-order valence-corrected chi connectivity index (χ4v) is 6.83. The van der Waals surface area contributed by atoms with E-state index in [4.69, 9.17) is 25.8 Å². The van der Waals surface area contributed by atoms with Crippen LogP contribution in [-0.2, 0) is 31.6 Å². The molecule has 1 aromatic heterocycles. The maximum atomic E-state index is 15.3. The molecule has 190 valence electrons. The topological polar surface area (TPSA) is 299 Å². The van der Waals surface area contributed by atoms with E-state index in [2.05, 4.69) is 28.2 Å². The van der Waals surface area contributed by atoms with Gasteiger partial charge in [-0.2, -0.15) is 13.6 Å². The second-order valence-corrected chi connectivity index (χ2v) is 11.3. The van der Waals surface area contributed by atoms with E-state index in [9.17, 15) is 33.4 Å². The van der Waals surface area contributed by atoms with E-state index in [1.807, 2.05) is 0 Å². The number of halogens is 1. The Bertz CT molecular complexity index is 1240. The first-order valence-corrected chi connectivity index (χ1v) is 13.2. The SMILES string of the molecule is [N-]=[N+]=NCC[C@]12O[C@@H](n3ccc(N)nc3=O)[C@H](F)[C@@]1(O)C2OP(=O)(O)OP(=O)(O)OP(=O)(O)O. The Kier molecular flexibility index (Phi) is 6.89. The van der Waals surface area contributed by atoms with Crippen molar-refractivity contribution in [1.82, 2.24) is 9.55 Å². The standard InChI is InChI=1S/C11H16FN6O13P3/c12-6-7(18-4-1-5(13)16-9(18)19)28-10(2-3-15-17-14)8(11(6,10)20)29-33(24,25)31-34(26,27)30-32(21,22)23/h1,4,6-8,20H,2-3H2,(H,24,25)(H,26,27)(H2,13,16,19)(H2,21,22,23)/t6-,7+,8?,10+,11+/m0/s1. The van der Waals surface area contributed by atoms with Gasteiger partial charge >= 0.3 is 29.2 Å². The van der Waals surface area contributed by atoms with Crippen molar-refractivity contribution in [2.45, 2.75) is 36.1 Å². The van der Waals surface area contributed by atoms with Gasteiger partial charge in [0.25, 0.3) is 0 Å². The molecular weight excluding hydrogens is 536 g/mol. The van der Waals surface area contributed by atoms with Crippen molar-refractivity contribution in [3.05, 3.63) is 33.2 Å². The summed E-state index contributed by atoms with van der Waals surface area (Å²) in [6.07, 6.45) is -6.05. The molecule has 7 atom stereocenters. The summed E-state index contributed by atoms with van der Waals surface area (Å²) in [5.74, 6) is -0.206. The maximum Gasteiger partial charge on any atom is 0.490 e. The first-order valence-electron chi connectivity index (χ1n) is 8.70. The van der Waals surface area contributed by atoms with Crippen LogP contribution in [0, 0.1) is 0 Å². The summed E-state index contributed by atoms with van der Waals surface area (Å²) in [6.45, 7) is -0.469. The molecule has 19 nitrogen and oxygen atoms in total. The third-order valence-electron chi connectivity index (χ3n) is 4.85. The molecule has 1 aliphatic carbocycles. The number of hydrogen-bond donors (Lipinski definition) is 6. The smallest absolute Gasteiger partial charge is 0.383 e. The molecule has 0 radical (unpaired) electrons. The number of hydrogen-bond acceptors (Lipinski definition) is 12. The van der Waals surface area contributed by atoms with Crippen molar-refractivity contribution in [2.24, 2.45) is 5.11 Å². The van der Waals surface area contributed by atoms with E-state index in [1.54, 1.807) is 0 Å². The molecule has 3 rings (SSSR count). The molecule has 1 saturated heterocycles. The molecule has 2 fully saturated rings. The van der Waals surface area contributed by atoms with E-state index in [1.165, 1.54) is 0 Å². The van der Waals surface area contributed by atoms with Crippen LogP contribution in [-0.4, -0.2) is 64.3 Å². The number of phosphoric acid groups is 3. The third kappa shape index (κ3) is 4.96. The molecule has 2 aliphatic rings. The third-order valence-corrected chi connectivity index (χ3v) is 8.65. The number of ether oxygens (including phenoxy) is 1. The second kappa shape index (κ2) is 8.72. The number of nitrogen functional groups attached to an aromatic ring is 1. The van der Waals surface area contributed by atoms with Gasteiger partial charge in [0.2, 0.25) is 0 Å². The Balaban J connectivity index is 1.89. The van der Waals surface area contributed by atoms with Crippen molar-refractivity contribution in [1.29, 1.82) is 0 Å². The summed E-state index contributed by atoms with van der Waals surface area (Å²) >= 11 is 0. The first kappa shape index (κ1) is 26.8. The van der Waals surface area contributed by atoms with Crippen molar-refractivity contribution >= 4 is 29.3 Å². The van der Waals surface area contributed by atoms with Crippen molar-refractivity contribution in [3.8, 4) is 0 Å². The molecule has 23 heteroatoms. The summed E-state index contributed by atoms with van der Waals surface area (Å²) in [6, 6.07) is 1.11. The Morgan fingerprint density at radius 2 is 1.94 bits per heavy atom. The lowest BCUT2D eigenvalue weighted by Crippen LogP contribution is -2.38. The minimum atomic E-state index is -5.90. The van der Waals surface area contributed by atoms with E-state index in [-0.39, 0.29) is 5.82 Å². The van der Waals surface area contributed by atoms with Crippen LogP contribution in [0.2, 0.25) is 0 Å². The minimum Gasteiger partial charge on any atom is -0.383 e. The van der Waals surface area contributed by atoms with Crippen LogP contribution in [0.4, 0.5) is 10.2 Å². The largest absolute Gasteiger partial charge is 0.490 e. The summed E-state index contributed by atoms with van der Waals surface area (Å²) in [4.78, 5) is 54.0. The zero-order chi connectivity index (χ0) is 25.7. The average Bonchev–Trinajstić information content (AvgIpc) is 3.02. The van der Waals surface area contributed by atoms with Gasteiger partial charge in [-0.05, 0) is 18.0 Å². The Morgan fingerprint density at radius 3 is 2.50 bits per heavy atom. The van der Waals surface area contributed by atoms with E-state index in [0.717, 1.165) is 12.3 Å². The predicted molar refractivity (Wildman–Crippen MR) is 103 cm³/mol. The summed E-state index contributed by atoms with van der Waals surface area (Å²) in [5, 5.41) is 14.1. The molecule has 0 amide bonds. The fourth-order valence-electron chi connectivity index (χ4n) is 3.57. The van der Waals surface area contributed by atoms with E-state index < -0.39 is 71.8 Å². The number of nitrogens with two attached hydrogens (primary N) is 1. The van der Waals surface area contributed by atoms with Crippen LogP contribution in [0.25, 0.3) is 10.4 Å². The summed E-state index contributed by atoms with van der Waals surface area (Å²) in [5.41, 5.74) is 7.72. The van der Waals surface area contributed by atoms with Gasteiger partial charge in [0, 0.05) is 17.7 Å². The van der Waals surface area contributed by atoms with Crippen LogP contribution >= 0.6 is 23.5 Å². The molecule has 1 aliphatic heterocycles. The van der Waals surface area contributed by atoms with Gasteiger partial charge in [0.15, 0.2) is 18.0 Å². The van der Waals surface area contributed by atoms with Crippen molar-refractivity contribution in [2.75, 3.05) is 12.3 Å². The molecule has 0 bridgehead atoms. The number of phosphoric ester groups is 1. The average molecular weight is 552 g/mol. The van der Waals surface area contributed by atoms with E-state index >= 15 is 4.39 Å².